The molecule has 1 unspecified atom stereocenters. The van der Waals surface area contributed by atoms with Crippen molar-refractivity contribution in [1.82, 2.24) is 14.8 Å². The third-order valence-electron chi connectivity index (χ3n) is 5.76. The maximum Gasteiger partial charge on any atom is 0.228 e. The predicted octanol–water partition coefficient (Wildman–Crippen LogP) is 3.19. The van der Waals surface area contributed by atoms with Crippen molar-refractivity contribution in [2.75, 3.05) is 13.1 Å². The number of rotatable bonds is 6. The van der Waals surface area contributed by atoms with Crippen molar-refractivity contribution in [1.29, 1.82) is 0 Å². The van der Waals surface area contributed by atoms with Gasteiger partial charge < -0.3 is 9.80 Å². The fourth-order valence-corrected chi connectivity index (χ4v) is 3.99. The number of amides is 2. The van der Waals surface area contributed by atoms with Gasteiger partial charge in [-0.1, -0.05) is 12.1 Å². The Hall–Kier alpha value is -2.76. The van der Waals surface area contributed by atoms with Crippen LogP contribution >= 0.6 is 0 Å². The average Bonchev–Trinajstić information content (AvgIpc) is 3.59. The van der Waals surface area contributed by atoms with E-state index < -0.39 is 0 Å². The van der Waals surface area contributed by atoms with Crippen LogP contribution in [0.4, 0.5) is 4.39 Å². The van der Waals surface area contributed by atoms with Crippen molar-refractivity contribution in [3.05, 3.63) is 65.7 Å². The molecule has 0 N–H and O–H groups in total. The first-order chi connectivity index (χ1) is 14.1. The van der Waals surface area contributed by atoms with Gasteiger partial charge in [0.2, 0.25) is 11.8 Å². The Morgan fingerprint density at radius 2 is 1.76 bits per heavy atom. The van der Waals surface area contributed by atoms with E-state index in [0.717, 1.165) is 36.8 Å². The van der Waals surface area contributed by atoms with Crippen molar-refractivity contribution in [2.45, 2.75) is 44.7 Å². The van der Waals surface area contributed by atoms with Crippen LogP contribution < -0.4 is 0 Å². The van der Waals surface area contributed by atoms with Crippen molar-refractivity contribution >= 4 is 11.8 Å². The van der Waals surface area contributed by atoms with E-state index in [2.05, 4.69) is 4.98 Å². The molecule has 0 radical (unpaired) electrons. The molecule has 0 spiro atoms. The van der Waals surface area contributed by atoms with Gasteiger partial charge in [0.25, 0.3) is 0 Å². The molecule has 0 bridgehead atoms. The van der Waals surface area contributed by atoms with Crippen molar-refractivity contribution in [3.63, 3.8) is 0 Å². The fraction of sp³-hybridized carbons (Fsp3) is 0.435. The molecule has 1 aromatic carbocycles. The second-order valence-corrected chi connectivity index (χ2v) is 8.03. The Kier molecular flexibility index (Phi) is 5.88. The number of nitrogens with zero attached hydrogens (tertiary/aromatic N) is 3. The highest BCUT2D eigenvalue weighted by atomic mass is 19.1. The highest BCUT2D eigenvalue weighted by Gasteiger charge is 2.37. The molecule has 2 aliphatic rings. The van der Waals surface area contributed by atoms with Gasteiger partial charge in [0.05, 0.1) is 12.3 Å². The zero-order valence-corrected chi connectivity index (χ0v) is 16.5. The van der Waals surface area contributed by atoms with Crippen LogP contribution in [-0.2, 0) is 22.6 Å². The Labute approximate surface area is 170 Å². The monoisotopic (exact) mass is 395 g/mol. The number of halogens is 1. The third kappa shape index (κ3) is 5.00. The smallest absolute Gasteiger partial charge is 0.228 e. The molecule has 1 aliphatic heterocycles. The molecule has 6 heteroatoms. The van der Waals surface area contributed by atoms with Gasteiger partial charge in [0.15, 0.2) is 0 Å². The van der Waals surface area contributed by atoms with E-state index >= 15 is 0 Å². The first-order valence-corrected chi connectivity index (χ1v) is 10.3. The first-order valence-electron chi connectivity index (χ1n) is 10.3. The maximum atomic E-state index is 13.3. The van der Waals surface area contributed by atoms with Gasteiger partial charge in [-0.2, -0.15) is 0 Å². The summed E-state index contributed by atoms with van der Waals surface area (Å²) in [6, 6.07) is 10.2. The molecular formula is C23H26FN3O2. The summed E-state index contributed by atoms with van der Waals surface area (Å²) in [5.74, 6) is -0.299. The molecule has 29 heavy (non-hydrogen) atoms. The van der Waals surface area contributed by atoms with Crippen LogP contribution in [0.2, 0.25) is 0 Å². The Bertz CT molecular complexity index is 852. The van der Waals surface area contributed by atoms with Crippen LogP contribution in [0.1, 0.15) is 36.8 Å². The van der Waals surface area contributed by atoms with Crippen molar-refractivity contribution < 1.29 is 14.0 Å². The van der Waals surface area contributed by atoms with Crippen LogP contribution in [0.15, 0.2) is 48.8 Å². The SMILES string of the molecule is O=C(Cc1ccc(F)cc1)N1CCCC(C(=O)N(Cc2ccncc2)C2CC2)C1. The molecule has 2 heterocycles. The zero-order valence-electron chi connectivity index (χ0n) is 16.5. The molecule has 5 nitrogen and oxygen atoms in total. The number of aromatic nitrogens is 1. The highest BCUT2D eigenvalue weighted by Crippen LogP contribution is 2.31. The molecule has 152 valence electrons. The summed E-state index contributed by atoms with van der Waals surface area (Å²) in [5, 5.41) is 0. The molecular weight excluding hydrogens is 369 g/mol. The number of carbonyl (C=O) groups is 2. The number of carbonyl (C=O) groups excluding carboxylic acids is 2. The van der Waals surface area contributed by atoms with E-state index in [1.807, 2.05) is 17.0 Å². The molecule has 1 saturated heterocycles. The zero-order chi connectivity index (χ0) is 20.2. The standard InChI is InChI=1S/C23H26FN3O2/c24-20-5-3-17(4-6-20)14-22(28)26-13-1-2-19(16-26)23(29)27(21-7-8-21)15-18-9-11-25-12-10-18/h3-6,9-12,19,21H,1-2,7-8,13-16H2. The third-order valence-corrected chi connectivity index (χ3v) is 5.76. The minimum atomic E-state index is -0.306. The Morgan fingerprint density at radius 3 is 2.45 bits per heavy atom. The molecule has 2 amide bonds. The van der Waals surface area contributed by atoms with E-state index in [1.165, 1.54) is 12.1 Å². The summed E-state index contributed by atoms with van der Waals surface area (Å²) in [7, 11) is 0. The van der Waals surface area contributed by atoms with Gasteiger partial charge in [-0.05, 0) is 61.1 Å². The largest absolute Gasteiger partial charge is 0.342 e. The van der Waals surface area contributed by atoms with Crippen LogP contribution in [0.3, 0.4) is 0 Å². The van der Waals surface area contributed by atoms with Crippen LogP contribution in [0.5, 0.6) is 0 Å². The fourth-order valence-electron chi connectivity index (χ4n) is 3.99. The number of benzene rings is 1. The van der Waals surface area contributed by atoms with Crippen LogP contribution in [0, 0.1) is 11.7 Å². The normalized spacial score (nSPS) is 19.1. The summed E-state index contributed by atoms with van der Waals surface area (Å²) in [6.07, 6.45) is 7.50. The van der Waals surface area contributed by atoms with Gasteiger partial charge >= 0.3 is 0 Å². The maximum absolute atomic E-state index is 13.3. The summed E-state index contributed by atoms with van der Waals surface area (Å²) >= 11 is 0. The summed E-state index contributed by atoms with van der Waals surface area (Å²) < 4.78 is 13.1. The second-order valence-electron chi connectivity index (χ2n) is 8.03. The van der Waals surface area contributed by atoms with E-state index in [4.69, 9.17) is 0 Å². The Morgan fingerprint density at radius 1 is 1.03 bits per heavy atom. The molecule has 1 aliphatic carbocycles. The molecule has 1 saturated carbocycles. The summed E-state index contributed by atoms with van der Waals surface area (Å²) in [6.45, 7) is 1.75. The number of likely N-dealkylation sites (tertiary alicyclic amines) is 1. The number of pyridine rings is 1. The quantitative estimate of drug-likeness (QED) is 0.755. The van der Waals surface area contributed by atoms with Crippen LogP contribution in [-0.4, -0.2) is 45.7 Å². The number of piperidine rings is 1. The lowest BCUT2D eigenvalue weighted by molar-refractivity contribution is -0.141. The van der Waals surface area contributed by atoms with Gasteiger partial charge in [-0.15, -0.1) is 0 Å². The van der Waals surface area contributed by atoms with E-state index in [0.29, 0.717) is 25.7 Å². The molecule has 2 aromatic rings. The summed E-state index contributed by atoms with van der Waals surface area (Å²) in [5.41, 5.74) is 1.88. The van der Waals surface area contributed by atoms with Crippen LogP contribution in [0.25, 0.3) is 0 Å². The Balaban J connectivity index is 1.39. The molecule has 1 aromatic heterocycles. The second kappa shape index (κ2) is 8.72. The lowest BCUT2D eigenvalue weighted by Gasteiger charge is -2.35. The van der Waals surface area contributed by atoms with Gasteiger partial charge in [0, 0.05) is 38.1 Å². The van der Waals surface area contributed by atoms with Gasteiger partial charge in [0.1, 0.15) is 5.82 Å². The van der Waals surface area contributed by atoms with Gasteiger partial charge in [-0.3, -0.25) is 14.6 Å². The summed E-state index contributed by atoms with van der Waals surface area (Å²) in [4.78, 5) is 33.8. The van der Waals surface area contributed by atoms with Crippen molar-refractivity contribution in [2.24, 2.45) is 5.92 Å². The van der Waals surface area contributed by atoms with E-state index in [9.17, 15) is 14.0 Å². The number of hydrogen-bond donors (Lipinski definition) is 0. The first kappa shape index (κ1) is 19.6. The minimum Gasteiger partial charge on any atom is -0.342 e. The molecule has 4 rings (SSSR count). The lowest BCUT2D eigenvalue weighted by Crippen LogP contribution is -2.47. The highest BCUT2D eigenvalue weighted by molar-refractivity contribution is 5.82. The van der Waals surface area contributed by atoms with Crippen molar-refractivity contribution in [3.8, 4) is 0 Å². The lowest BCUT2D eigenvalue weighted by atomic mass is 9.95. The van der Waals surface area contributed by atoms with Gasteiger partial charge in [-0.25, -0.2) is 4.39 Å². The van der Waals surface area contributed by atoms with E-state index in [-0.39, 0.29) is 30.0 Å². The van der Waals surface area contributed by atoms with E-state index in [1.54, 1.807) is 29.4 Å². The topological polar surface area (TPSA) is 53.5 Å². The molecule has 2 fully saturated rings. The predicted molar refractivity (Wildman–Crippen MR) is 107 cm³/mol. The minimum absolute atomic E-state index is 0.00112. The number of hydrogen-bond acceptors (Lipinski definition) is 3. The molecule has 1 atom stereocenters. The average molecular weight is 395 g/mol.